The van der Waals surface area contributed by atoms with Crippen LogP contribution in [0.3, 0.4) is 0 Å². The normalized spacial score (nSPS) is 11.6. The van der Waals surface area contributed by atoms with Gasteiger partial charge in [0.1, 0.15) is 18.0 Å². The number of aryl methyl sites for hydroxylation is 2. The predicted molar refractivity (Wildman–Crippen MR) is 104 cm³/mol. The Balaban J connectivity index is 1.47. The Kier molecular flexibility index (Phi) is 5.80. The summed E-state index contributed by atoms with van der Waals surface area (Å²) in [5.74, 6) is 1.19. The largest absolute Gasteiger partial charge is 0.368 e. The van der Waals surface area contributed by atoms with Gasteiger partial charge in [-0.05, 0) is 24.1 Å². The van der Waals surface area contributed by atoms with Crippen LogP contribution < -0.4 is 16.0 Å². The van der Waals surface area contributed by atoms with E-state index in [1.807, 2.05) is 13.1 Å². The van der Waals surface area contributed by atoms with Gasteiger partial charge in [0.05, 0.1) is 11.6 Å². The summed E-state index contributed by atoms with van der Waals surface area (Å²) in [5.41, 5.74) is 2.28. The van der Waals surface area contributed by atoms with Crippen molar-refractivity contribution in [2.24, 2.45) is 12.0 Å². The van der Waals surface area contributed by atoms with Gasteiger partial charge in [0.15, 0.2) is 11.6 Å². The van der Waals surface area contributed by atoms with E-state index in [1.54, 1.807) is 30.9 Å². The molecular formula is C18H23FN8. The van der Waals surface area contributed by atoms with Gasteiger partial charge >= 0.3 is 0 Å². The molecule has 3 aromatic rings. The van der Waals surface area contributed by atoms with Crippen molar-refractivity contribution >= 4 is 22.8 Å². The molecule has 0 bridgehead atoms. The van der Waals surface area contributed by atoms with E-state index in [-0.39, 0.29) is 5.82 Å². The van der Waals surface area contributed by atoms with Gasteiger partial charge in [0.25, 0.3) is 0 Å². The minimum atomic E-state index is -0.201. The Labute approximate surface area is 156 Å². The van der Waals surface area contributed by atoms with Crippen LogP contribution in [0.1, 0.15) is 11.1 Å². The van der Waals surface area contributed by atoms with Crippen molar-refractivity contribution in [2.75, 3.05) is 25.5 Å². The van der Waals surface area contributed by atoms with Gasteiger partial charge < -0.3 is 16.0 Å². The lowest BCUT2D eigenvalue weighted by Gasteiger charge is -2.13. The van der Waals surface area contributed by atoms with Crippen molar-refractivity contribution in [1.29, 1.82) is 0 Å². The monoisotopic (exact) mass is 370 g/mol. The molecule has 0 fully saturated rings. The first-order valence-electron chi connectivity index (χ1n) is 8.64. The number of rotatable bonds is 6. The maximum Gasteiger partial charge on any atom is 0.191 e. The Hall–Kier alpha value is -3.23. The third kappa shape index (κ3) is 4.49. The molecule has 0 aliphatic rings. The smallest absolute Gasteiger partial charge is 0.191 e. The first-order valence-corrected chi connectivity index (χ1v) is 8.64. The number of fused-ring (bicyclic) bond motifs is 1. The van der Waals surface area contributed by atoms with Crippen LogP contribution in [0.5, 0.6) is 0 Å². The number of halogens is 1. The molecular weight excluding hydrogens is 347 g/mol. The van der Waals surface area contributed by atoms with E-state index in [0.29, 0.717) is 31.2 Å². The average Bonchev–Trinajstić information content (AvgIpc) is 3.06. The van der Waals surface area contributed by atoms with Gasteiger partial charge in [-0.25, -0.2) is 14.4 Å². The molecule has 1 aromatic carbocycles. The zero-order chi connectivity index (χ0) is 19.2. The number of nitrogens with one attached hydrogen (secondary N) is 3. The summed E-state index contributed by atoms with van der Waals surface area (Å²) in [7, 11) is 3.54. The van der Waals surface area contributed by atoms with Gasteiger partial charge in [-0.3, -0.25) is 9.67 Å². The van der Waals surface area contributed by atoms with E-state index in [4.69, 9.17) is 0 Å². The fourth-order valence-corrected chi connectivity index (χ4v) is 2.62. The SMILES string of the molecule is CN=C(NCCNc1ncnc2c1cnn2C)NCc1ccc(C)c(F)c1. The molecule has 2 aromatic heterocycles. The second-order valence-corrected chi connectivity index (χ2v) is 6.09. The second kappa shape index (κ2) is 8.43. The van der Waals surface area contributed by atoms with E-state index in [9.17, 15) is 4.39 Å². The number of hydrogen-bond acceptors (Lipinski definition) is 5. The number of benzene rings is 1. The van der Waals surface area contributed by atoms with Crippen molar-refractivity contribution in [3.05, 3.63) is 47.7 Å². The predicted octanol–water partition coefficient (Wildman–Crippen LogP) is 1.59. The van der Waals surface area contributed by atoms with Crippen LogP contribution in [0.4, 0.5) is 10.2 Å². The molecule has 0 radical (unpaired) electrons. The molecule has 0 saturated heterocycles. The van der Waals surface area contributed by atoms with Crippen molar-refractivity contribution in [2.45, 2.75) is 13.5 Å². The first kappa shape index (κ1) is 18.6. The highest BCUT2D eigenvalue weighted by Crippen LogP contribution is 2.17. The standard InChI is InChI=1S/C18H23FN8/c1-12-4-5-13(8-15(12)19)9-23-18(20-2)22-7-6-21-16-14-10-26-27(3)17(14)25-11-24-16/h4-5,8,10-11H,6-7,9H2,1-3H3,(H2,20,22,23)(H,21,24,25). The Morgan fingerprint density at radius 3 is 2.85 bits per heavy atom. The molecule has 0 aliphatic carbocycles. The highest BCUT2D eigenvalue weighted by molar-refractivity contribution is 5.86. The third-order valence-corrected chi connectivity index (χ3v) is 4.16. The van der Waals surface area contributed by atoms with Crippen molar-refractivity contribution in [1.82, 2.24) is 30.4 Å². The maximum absolute atomic E-state index is 13.6. The van der Waals surface area contributed by atoms with Crippen LogP contribution in [-0.2, 0) is 13.6 Å². The number of aromatic nitrogens is 4. The number of hydrogen-bond donors (Lipinski definition) is 3. The van der Waals surface area contributed by atoms with Crippen LogP contribution in [0.2, 0.25) is 0 Å². The highest BCUT2D eigenvalue weighted by Gasteiger charge is 2.07. The molecule has 142 valence electrons. The minimum absolute atomic E-state index is 0.201. The Morgan fingerprint density at radius 1 is 1.22 bits per heavy atom. The average molecular weight is 370 g/mol. The molecule has 0 aliphatic heterocycles. The molecule has 2 heterocycles. The fourth-order valence-electron chi connectivity index (χ4n) is 2.62. The van der Waals surface area contributed by atoms with Crippen molar-refractivity contribution < 1.29 is 4.39 Å². The summed E-state index contributed by atoms with van der Waals surface area (Å²) < 4.78 is 15.3. The number of guanidine groups is 1. The number of anilines is 1. The second-order valence-electron chi connectivity index (χ2n) is 6.09. The number of nitrogens with zero attached hydrogens (tertiary/aromatic N) is 5. The van der Waals surface area contributed by atoms with E-state index >= 15 is 0 Å². The van der Waals surface area contributed by atoms with Gasteiger partial charge in [-0.15, -0.1) is 0 Å². The zero-order valence-corrected chi connectivity index (χ0v) is 15.6. The molecule has 3 rings (SSSR count). The topological polar surface area (TPSA) is 92.1 Å². The summed E-state index contributed by atoms with van der Waals surface area (Å²) in [4.78, 5) is 12.7. The van der Waals surface area contributed by atoms with E-state index < -0.39 is 0 Å². The highest BCUT2D eigenvalue weighted by atomic mass is 19.1. The van der Waals surface area contributed by atoms with Crippen LogP contribution >= 0.6 is 0 Å². The Morgan fingerprint density at radius 2 is 2.07 bits per heavy atom. The van der Waals surface area contributed by atoms with Crippen LogP contribution in [-0.4, -0.2) is 45.8 Å². The molecule has 3 N–H and O–H groups in total. The lowest BCUT2D eigenvalue weighted by Crippen LogP contribution is -2.39. The summed E-state index contributed by atoms with van der Waals surface area (Å²) in [5, 5.41) is 14.7. The third-order valence-electron chi connectivity index (χ3n) is 4.16. The lowest BCUT2D eigenvalue weighted by molar-refractivity contribution is 0.615. The van der Waals surface area contributed by atoms with Crippen molar-refractivity contribution in [3.8, 4) is 0 Å². The van der Waals surface area contributed by atoms with E-state index in [1.165, 1.54) is 12.4 Å². The molecule has 9 heteroatoms. The maximum atomic E-state index is 13.6. The quantitative estimate of drug-likeness (QED) is 0.347. The first-order chi connectivity index (χ1) is 13.1. The van der Waals surface area contributed by atoms with Gasteiger partial charge in [-0.2, -0.15) is 5.10 Å². The number of aliphatic imine (C=N–C) groups is 1. The van der Waals surface area contributed by atoms with Gasteiger partial charge in [-0.1, -0.05) is 12.1 Å². The molecule has 8 nitrogen and oxygen atoms in total. The van der Waals surface area contributed by atoms with Gasteiger partial charge in [0.2, 0.25) is 0 Å². The molecule has 27 heavy (non-hydrogen) atoms. The van der Waals surface area contributed by atoms with E-state index in [0.717, 1.165) is 22.4 Å². The fraction of sp³-hybridized carbons (Fsp3) is 0.333. The molecule has 0 spiro atoms. The summed E-state index contributed by atoms with van der Waals surface area (Å²) in [6.07, 6.45) is 3.26. The van der Waals surface area contributed by atoms with Crippen LogP contribution in [0, 0.1) is 12.7 Å². The van der Waals surface area contributed by atoms with Crippen molar-refractivity contribution in [3.63, 3.8) is 0 Å². The van der Waals surface area contributed by atoms with Gasteiger partial charge in [0, 0.05) is 33.7 Å². The van der Waals surface area contributed by atoms with Crippen LogP contribution in [0.15, 0.2) is 35.7 Å². The molecule has 0 saturated carbocycles. The summed E-state index contributed by atoms with van der Waals surface area (Å²) in [6.45, 7) is 3.51. The Bertz CT molecular complexity index is 950. The lowest BCUT2D eigenvalue weighted by atomic mass is 10.1. The molecule has 0 atom stereocenters. The summed E-state index contributed by atoms with van der Waals surface area (Å²) in [6, 6.07) is 5.20. The molecule has 0 unspecified atom stereocenters. The van der Waals surface area contributed by atoms with E-state index in [2.05, 4.69) is 36.0 Å². The van der Waals surface area contributed by atoms with Crippen LogP contribution in [0.25, 0.3) is 11.0 Å². The minimum Gasteiger partial charge on any atom is -0.368 e. The molecule has 0 amide bonds. The zero-order valence-electron chi connectivity index (χ0n) is 15.6. The summed E-state index contributed by atoms with van der Waals surface area (Å²) >= 11 is 0.